The fourth-order valence-electron chi connectivity index (χ4n) is 3.71. The Balaban J connectivity index is 1.43. The van der Waals surface area contributed by atoms with E-state index in [9.17, 15) is 9.90 Å². The van der Waals surface area contributed by atoms with Gasteiger partial charge in [-0.2, -0.15) is 5.10 Å². The largest absolute Gasteiger partial charge is 0.492 e. The molecule has 5 rings (SSSR count). The second kappa shape index (κ2) is 9.17. The van der Waals surface area contributed by atoms with E-state index in [0.29, 0.717) is 28.6 Å². The van der Waals surface area contributed by atoms with Gasteiger partial charge in [0, 0.05) is 55.4 Å². The normalized spacial score (nSPS) is 14.0. The first-order valence-electron chi connectivity index (χ1n) is 10.8. The number of aromatic nitrogens is 5. The molecule has 5 heterocycles. The van der Waals surface area contributed by atoms with Crippen molar-refractivity contribution in [3.05, 3.63) is 70.7 Å². The lowest BCUT2D eigenvalue weighted by atomic mass is 10.1. The van der Waals surface area contributed by atoms with Crippen LogP contribution in [0.15, 0.2) is 53.7 Å². The molecule has 0 amide bonds. The minimum Gasteiger partial charge on any atom is -0.492 e. The van der Waals surface area contributed by atoms with Crippen LogP contribution in [0.4, 0.5) is 17.2 Å². The van der Waals surface area contributed by atoms with E-state index < -0.39 is 0 Å². The maximum absolute atomic E-state index is 11.2. The summed E-state index contributed by atoms with van der Waals surface area (Å²) in [4.78, 5) is 28.6. The Morgan fingerprint density at radius 1 is 1.03 bits per heavy atom. The SMILES string of the molecule is CN1CCN(c2cc(Nc3cc4c(C#Cc5ccc(=O)[nH]n5)nccc4cn3)cnc2O)CC1. The summed E-state index contributed by atoms with van der Waals surface area (Å²) in [5, 5.41) is 21.6. The van der Waals surface area contributed by atoms with Crippen molar-refractivity contribution in [3.8, 4) is 17.7 Å². The topological polar surface area (TPSA) is 123 Å². The molecule has 1 fully saturated rings. The van der Waals surface area contributed by atoms with Crippen LogP contribution >= 0.6 is 0 Å². The first kappa shape index (κ1) is 21.4. The van der Waals surface area contributed by atoms with Crippen LogP contribution in [0.1, 0.15) is 11.4 Å². The van der Waals surface area contributed by atoms with Gasteiger partial charge in [0.2, 0.25) is 5.88 Å². The van der Waals surface area contributed by atoms with E-state index in [-0.39, 0.29) is 11.4 Å². The Morgan fingerprint density at radius 3 is 2.68 bits per heavy atom. The number of aromatic hydroxyl groups is 1. The quantitative estimate of drug-likeness (QED) is 0.397. The molecule has 3 N–H and O–H groups in total. The number of nitrogens with zero attached hydrogens (tertiary/aromatic N) is 6. The number of rotatable bonds is 3. The molecule has 10 heteroatoms. The molecule has 10 nitrogen and oxygen atoms in total. The van der Waals surface area contributed by atoms with Crippen LogP contribution in [0.25, 0.3) is 10.8 Å². The van der Waals surface area contributed by atoms with E-state index in [1.54, 1.807) is 24.7 Å². The molecule has 4 aromatic heterocycles. The van der Waals surface area contributed by atoms with E-state index in [1.165, 1.54) is 6.07 Å². The van der Waals surface area contributed by atoms with Crippen LogP contribution in [0.2, 0.25) is 0 Å². The fraction of sp³-hybridized carbons (Fsp3) is 0.208. The number of likely N-dealkylation sites (N-methyl/N-ethyl adjacent to an activating group) is 1. The number of nitrogens with one attached hydrogen (secondary N) is 2. The molecule has 0 atom stereocenters. The zero-order chi connectivity index (χ0) is 23.5. The molecule has 0 aliphatic carbocycles. The van der Waals surface area contributed by atoms with E-state index in [2.05, 4.69) is 59.2 Å². The zero-order valence-corrected chi connectivity index (χ0v) is 18.5. The highest BCUT2D eigenvalue weighted by atomic mass is 16.3. The number of anilines is 3. The number of aromatic amines is 1. The standard InChI is InChI=1S/C24H22N8O2/c1-31-8-10-32(11-9-31)21-12-18(15-27-24(21)34)28-22-13-19-16(14-26-22)6-7-25-20(19)4-2-17-3-5-23(33)30-29-17/h3,5-7,12-15H,8-11H2,1H3,(H,26,28)(H,27,34)(H,30,33). The molecule has 0 saturated carbocycles. The average Bonchev–Trinajstić information content (AvgIpc) is 2.85. The van der Waals surface area contributed by atoms with Crippen molar-refractivity contribution in [2.75, 3.05) is 43.4 Å². The Hall–Kier alpha value is -4.49. The summed E-state index contributed by atoms with van der Waals surface area (Å²) in [6.07, 6.45) is 5.00. The van der Waals surface area contributed by atoms with Gasteiger partial charge in [0.25, 0.3) is 5.56 Å². The van der Waals surface area contributed by atoms with Crippen molar-refractivity contribution in [2.45, 2.75) is 0 Å². The maximum atomic E-state index is 11.2. The highest BCUT2D eigenvalue weighted by Crippen LogP contribution is 2.30. The lowest BCUT2D eigenvalue weighted by Gasteiger charge is -2.34. The van der Waals surface area contributed by atoms with E-state index in [1.807, 2.05) is 18.2 Å². The smallest absolute Gasteiger partial charge is 0.264 e. The molecule has 0 unspecified atom stereocenters. The summed E-state index contributed by atoms with van der Waals surface area (Å²) >= 11 is 0. The van der Waals surface area contributed by atoms with Gasteiger partial charge in [-0.1, -0.05) is 0 Å². The van der Waals surface area contributed by atoms with Crippen molar-refractivity contribution in [3.63, 3.8) is 0 Å². The van der Waals surface area contributed by atoms with Gasteiger partial charge in [0.05, 0.1) is 11.9 Å². The Bertz CT molecular complexity index is 1450. The second-order valence-corrected chi connectivity index (χ2v) is 7.99. The molecular weight excluding hydrogens is 432 g/mol. The van der Waals surface area contributed by atoms with Gasteiger partial charge in [-0.25, -0.2) is 20.1 Å². The number of H-pyrrole nitrogens is 1. The van der Waals surface area contributed by atoms with Gasteiger partial charge in [-0.05, 0) is 43.2 Å². The summed E-state index contributed by atoms with van der Waals surface area (Å²) in [5.74, 6) is 6.55. The van der Waals surface area contributed by atoms with Crippen molar-refractivity contribution < 1.29 is 5.11 Å². The third-order valence-corrected chi connectivity index (χ3v) is 5.60. The van der Waals surface area contributed by atoms with Crippen LogP contribution in [0, 0.1) is 11.8 Å². The lowest BCUT2D eigenvalue weighted by Crippen LogP contribution is -2.44. The van der Waals surface area contributed by atoms with Crippen LogP contribution in [0.5, 0.6) is 5.88 Å². The zero-order valence-electron chi connectivity index (χ0n) is 18.5. The molecule has 0 spiro atoms. The minimum absolute atomic E-state index is 0.0131. The molecule has 4 aromatic rings. The van der Waals surface area contributed by atoms with Gasteiger partial charge < -0.3 is 20.2 Å². The van der Waals surface area contributed by atoms with E-state index in [0.717, 1.165) is 37.0 Å². The molecule has 1 aliphatic heterocycles. The first-order chi connectivity index (χ1) is 16.5. The van der Waals surface area contributed by atoms with Gasteiger partial charge in [0.1, 0.15) is 22.9 Å². The van der Waals surface area contributed by atoms with Gasteiger partial charge >= 0.3 is 0 Å². The van der Waals surface area contributed by atoms with Crippen molar-refractivity contribution in [2.24, 2.45) is 0 Å². The molecule has 0 aromatic carbocycles. The number of hydrogen-bond acceptors (Lipinski definition) is 9. The van der Waals surface area contributed by atoms with E-state index >= 15 is 0 Å². The summed E-state index contributed by atoms with van der Waals surface area (Å²) < 4.78 is 0. The maximum Gasteiger partial charge on any atom is 0.264 e. The Kier molecular flexibility index (Phi) is 5.76. The van der Waals surface area contributed by atoms with Crippen LogP contribution in [-0.4, -0.2) is 68.4 Å². The summed E-state index contributed by atoms with van der Waals surface area (Å²) in [6, 6.07) is 8.55. The molecule has 1 aliphatic rings. The molecule has 0 bridgehead atoms. The highest BCUT2D eigenvalue weighted by Gasteiger charge is 2.18. The summed E-state index contributed by atoms with van der Waals surface area (Å²) in [6.45, 7) is 3.49. The summed E-state index contributed by atoms with van der Waals surface area (Å²) in [5.41, 5.74) is 2.14. The van der Waals surface area contributed by atoms with Gasteiger partial charge in [-0.15, -0.1) is 0 Å². The Morgan fingerprint density at radius 2 is 1.88 bits per heavy atom. The molecule has 34 heavy (non-hydrogen) atoms. The van der Waals surface area contributed by atoms with Crippen LogP contribution in [-0.2, 0) is 0 Å². The number of pyridine rings is 3. The monoisotopic (exact) mass is 454 g/mol. The number of piperazine rings is 1. The van der Waals surface area contributed by atoms with Crippen LogP contribution < -0.4 is 15.8 Å². The Labute approximate surface area is 195 Å². The second-order valence-electron chi connectivity index (χ2n) is 7.99. The van der Waals surface area contributed by atoms with Crippen molar-refractivity contribution in [1.82, 2.24) is 30.0 Å². The van der Waals surface area contributed by atoms with Gasteiger partial charge in [-0.3, -0.25) is 4.79 Å². The van der Waals surface area contributed by atoms with Crippen molar-refractivity contribution >= 4 is 28.0 Å². The van der Waals surface area contributed by atoms with Gasteiger partial charge in [0.15, 0.2) is 0 Å². The molecule has 170 valence electrons. The van der Waals surface area contributed by atoms with Crippen LogP contribution in [0.3, 0.4) is 0 Å². The number of fused-ring (bicyclic) bond motifs is 1. The molecule has 1 saturated heterocycles. The third kappa shape index (κ3) is 4.65. The summed E-state index contributed by atoms with van der Waals surface area (Å²) in [7, 11) is 2.09. The lowest BCUT2D eigenvalue weighted by molar-refractivity contribution is 0.311. The first-order valence-corrected chi connectivity index (χ1v) is 10.8. The minimum atomic E-state index is -0.282. The predicted octanol–water partition coefficient (Wildman–Crippen LogP) is 1.71. The molecule has 0 radical (unpaired) electrons. The number of hydrogen-bond donors (Lipinski definition) is 3. The average molecular weight is 454 g/mol. The third-order valence-electron chi connectivity index (χ3n) is 5.60. The predicted molar refractivity (Wildman–Crippen MR) is 129 cm³/mol. The molecular formula is C24H22N8O2. The highest BCUT2D eigenvalue weighted by molar-refractivity contribution is 5.88. The van der Waals surface area contributed by atoms with E-state index in [4.69, 9.17) is 0 Å². The fourth-order valence-corrected chi connectivity index (χ4v) is 3.71. The van der Waals surface area contributed by atoms with Crippen molar-refractivity contribution in [1.29, 1.82) is 0 Å².